The number of nitrogens with one attached hydrogen (secondary N) is 1. The van der Waals surface area contributed by atoms with Crippen LogP contribution in [0.2, 0.25) is 0 Å². The molecule has 0 saturated heterocycles. The Balaban J connectivity index is 2.21. The van der Waals surface area contributed by atoms with Crippen LogP contribution in [0.4, 0.5) is 5.69 Å². The molecule has 7 heteroatoms. The van der Waals surface area contributed by atoms with Crippen LogP contribution in [0, 0.1) is 18.3 Å². The van der Waals surface area contributed by atoms with Crippen LogP contribution in [0.25, 0.3) is 22.2 Å². The molecule has 0 spiro atoms. The second kappa shape index (κ2) is 6.22. The van der Waals surface area contributed by atoms with Crippen LogP contribution >= 0.6 is 0 Å². The molecule has 0 bridgehead atoms. The van der Waals surface area contributed by atoms with Crippen molar-refractivity contribution in [1.82, 2.24) is 9.55 Å². The summed E-state index contributed by atoms with van der Waals surface area (Å²) < 4.78 is 28.0. The molecule has 0 unspecified atom stereocenters. The first-order chi connectivity index (χ1) is 11.9. The first-order valence-electron chi connectivity index (χ1n) is 7.81. The average Bonchev–Trinajstić information content (AvgIpc) is 2.86. The van der Waals surface area contributed by atoms with Crippen molar-refractivity contribution in [2.24, 2.45) is 7.05 Å². The molecule has 0 amide bonds. The van der Waals surface area contributed by atoms with E-state index in [1.54, 1.807) is 19.2 Å². The highest BCUT2D eigenvalue weighted by Gasteiger charge is 2.18. The van der Waals surface area contributed by atoms with Crippen molar-refractivity contribution in [2.45, 2.75) is 13.8 Å². The third-order valence-electron chi connectivity index (χ3n) is 4.13. The highest BCUT2D eigenvalue weighted by Crippen LogP contribution is 2.33. The van der Waals surface area contributed by atoms with Gasteiger partial charge in [0.1, 0.15) is 6.07 Å². The lowest BCUT2D eigenvalue weighted by atomic mass is 10.1. The summed E-state index contributed by atoms with van der Waals surface area (Å²) >= 11 is 0. The van der Waals surface area contributed by atoms with Crippen molar-refractivity contribution < 1.29 is 8.42 Å². The summed E-state index contributed by atoms with van der Waals surface area (Å²) in [5.41, 5.74) is 4.38. The topological polar surface area (TPSA) is 87.8 Å². The lowest BCUT2D eigenvalue weighted by molar-refractivity contribution is 0.602. The number of nitrogens with zero attached hydrogens (tertiary/aromatic N) is 3. The average molecular weight is 354 g/mol. The third-order valence-corrected chi connectivity index (χ3v) is 5.44. The molecule has 0 aliphatic rings. The Kier molecular flexibility index (Phi) is 4.23. The zero-order chi connectivity index (χ0) is 18.2. The van der Waals surface area contributed by atoms with Gasteiger partial charge in [0.15, 0.2) is 0 Å². The predicted octanol–water partition coefficient (Wildman–Crippen LogP) is 3.18. The summed E-state index contributed by atoms with van der Waals surface area (Å²) in [6.45, 7) is 3.57. The molecule has 0 aliphatic carbocycles. The molecule has 1 N–H and O–H groups in total. The number of fused-ring (bicyclic) bond motifs is 1. The smallest absolute Gasteiger partial charge is 0.232 e. The van der Waals surface area contributed by atoms with E-state index in [4.69, 9.17) is 0 Å². The number of benzene rings is 1. The van der Waals surface area contributed by atoms with E-state index >= 15 is 0 Å². The van der Waals surface area contributed by atoms with Gasteiger partial charge in [-0.25, -0.2) is 8.42 Å². The molecular formula is C18H18N4O2S. The Morgan fingerprint density at radius 1 is 1.28 bits per heavy atom. The van der Waals surface area contributed by atoms with Crippen molar-refractivity contribution in [3.05, 3.63) is 47.8 Å². The maximum atomic E-state index is 11.8. The van der Waals surface area contributed by atoms with Crippen molar-refractivity contribution >= 4 is 26.6 Å². The van der Waals surface area contributed by atoms with Crippen LogP contribution in [0.15, 0.2) is 36.7 Å². The van der Waals surface area contributed by atoms with E-state index in [1.165, 1.54) is 6.20 Å². The largest absolute Gasteiger partial charge is 0.342 e. The monoisotopic (exact) mass is 354 g/mol. The minimum atomic E-state index is -3.39. The van der Waals surface area contributed by atoms with Gasteiger partial charge in [-0.05, 0) is 31.5 Å². The normalized spacial score (nSPS) is 11.4. The zero-order valence-corrected chi connectivity index (χ0v) is 15.1. The van der Waals surface area contributed by atoms with Gasteiger partial charge in [0.25, 0.3) is 0 Å². The first-order valence-corrected chi connectivity index (χ1v) is 9.46. The second-order valence-electron chi connectivity index (χ2n) is 5.88. The number of hydrogen-bond donors (Lipinski definition) is 1. The second-order valence-corrected chi connectivity index (χ2v) is 7.89. The molecule has 0 fully saturated rings. The Morgan fingerprint density at radius 3 is 2.72 bits per heavy atom. The molecule has 128 valence electrons. The molecule has 3 rings (SSSR count). The fraction of sp³-hybridized carbons (Fsp3) is 0.222. The molecule has 3 aromatic rings. The fourth-order valence-electron chi connectivity index (χ4n) is 2.87. The molecule has 2 heterocycles. The maximum absolute atomic E-state index is 11.8. The van der Waals surface area contributed by atoms with E-state index in [0.717, 1.165) is 16.5 Å². The van der Waals surface area contributed by atoms with Crippen LogP contribution in [0.3, 0.4) is 0 Å². The van der Waals surface area contributed by atoms with Gasteiger partial charge in [0, 0.05) is 29.7 Å². The van der Waals surface area contributed by atoms with Crippen LogP contribution < -0.4 is 4.72 Å². The van der Waals surface area contributed by atoms with E-state index in [-0.39, 0.29) is 5.75 Å². The van der Waals surface area contributed by atoms with Gasteiger partial charge in [-0.15, -0.1) is 0 Å². The Labute approximate surface area is 146 Å². The number of aryl methyl sites for hydroxylation is 2. The Morgan fingerprint density at radius 2 is 2.04 bits per heavy atom. The summed E-state index contributed by atoms with van der Waals surface area (Å²) in [6, 6.07) is 9.89. The molecule has 25 heavy (non-hydrogen) atoms. The molecule has 0 radical (unpaired) electrons. The number of sulfonamides is 1. The van der Waals surface area contributed by atoms with Crippen LogP contribution in [0.1, 0.15) is 18.1 Å². The number of nitriles is 1. The molecule has 1 aromatic carbocycles. The van der Waals surface area contributed by atoms with Crippen molar-refractivity contribution in [3.63, 3.8) is 0 Å². The van der Waals surface area contributed by atoms with Crippen molar-refractivity contribution in [3.8, 4) is 17.3 Å². The van der Waals surface area contributed by atoms with Crippen LogP contribution in [-0.4, -0.2) is 23.7 Å². The zero-order valence-electron chi connectivity index (χ0n) is 14.2. The first kappa shape index (κ1) is 17.0. The maximum Gasteiger partial charge on any atom is 0.232 e. The standard InChI is InChI=1S/C18H18N4O2S/c1-4-25(23,24)21-14-8-13(10-20-11-14)18-16(9-19)15-6-5-12(2)7-17(15)22(18)3/h5-8,10-11,21H,4H2,1-3H3. The third kappa shape index (κ3) is 3.08. The van der Waals surface area contributed by atoms with Gasteiger partial charge in [-0.3, -0.25) is 9.71 Å². The molecule has 6 nitrogen and oxygen atoms in total. The number of rotatable bonds is 4. The summed E-state index contributed by atoms with van der Waals surface area (Å²) in [7, 11) is -1.50. The lowest BCUT2D eigenvalue weighted by Gasteiger charge is -2.09. The van der Waals surface area contributed by atoms with E-state index < -0.39 is 10.0 Å². The Hall–Kier alpha value is -2.85. The van der Waals surface area contributed by atoms with Crippen LogP contribution in [-0.2, 0) is 17.1 Å². The van der Waals surface area contributed by atoms with Crippen molar-refractivity contribution in [1.29, 1.82) is 5.26 Å². The fourth-order valence-corrected chi connectivity index (χ4v) is 3.49. The molecule has 0 aliphatic heterocycles. The minimum Gasteiger partial charge on any atom is -0.342 e. The van der Waals surface area contributed by atoms with E-state index in [2.05, 4.69) is 15.8 Å². The lowest BCUT2D eigenvalue weighted by Crippen LogP contribution is -2.14. The Bertz CT molecular complexity index is 1110. The quantitative estimate of drug-likeness (QED) is 0.779. The SMILES string of the molecule is CCS(=O)(=O)Nc1cncc(-c2c(C#N)c3ccc(C)cc3n2C)c1. The predicted molar refractivity (Wildman–Crippen MR) is 98.7 cm³/mol. The number of aromatic nitrogens is 2. The summed E-state index contributed by atoms with van der Waals surface area (Å²) in [5.74, 6) is -0.0199. The van der Waals surface area contributed by atoms with E-state index in [9.17, 15) is 13.7 Å². The van der Waals surface area contributed by atoms with Gasteiger partial charge in [-0.1, -0.05) is 12.1 Å². The summed E-state index contributed by atoms with van der Waals surface area (Å²) in [4.78, 5) is 4.13. The molecule has 0 atom stereocenters. The molecule has 0 saturated carbocycles. The van der Waals surface area contributed by atoms with Gasteiger partial charge in [0.05, 0.1) is 28.9 Å². The molecule has 2 aromatic heterocycles. The van der Waals surface area contributed by atoms with Gasteiger partial charge >= 0.3 is 0 Å². The van der Waals surface area contributed by atoms with Gasteiger partial charge < -0.3 is 4.57 Å². The van der Waals surface area contributed by atoms with E-state index in [1.807, 2.05) is 36.7 Å². The number of hydrogen-bond acceptors (Lipinski definition) is 4. The molecular weight excluding hydrogens is 336 g/mol. The van der Waals surface area contributed by atoms with Crippen molar-refractivity contribution in [2.75, 3.05) is 10.5 Å². The number of anilines is 1. The highest BCUT2D eigenvalue weighted by atomic mass is 32.2. The summed E-state index contributed by atoms with van der Waals surface area (Å²) in [6.07, 6.45) is 3.08. The van der Waals surface area contributed by atoms with E-state index in [0.29, 0.717) is 22.5 Å². The minimum absolute atomic E-state index is 0.0199. The highest BCUT2D eigenvalue weighted by molar-refractivity contribution is 7.92. The van der Waals surface area contributed by atoms with Crippen LogP contribution in [0.5, 0.6) is 0 Å². The summed E-state index contributed by atoms with van der Waals surface area (Å²) in [5, 5.41) is 10.5. The van der Waals surface area contributed by atoms with Gasteiger partial charge in [0.2, 0.25) is 10.0 Å². The number of pyridine rings is 1. The van der Waals surface area contributed by atoms with Gasteiger partial charge in [-0.2, -0.15) is 5.26 Å².